The number of hydrogen-bond acceptors (Lipinski definition) is 9. The van der Waals surface area contributed by atoms with Crippen LogP contribution in [-0.2, 0) is 11.3 Å². The molecule has 0 unspecified atom stereocenters. The highest BCUT2D eigenvalue weighted by molar-refractivity contribution is 7.99. The van der Waals surface area contributed by atoms with Crippen LogP contribution in [0.15, 0.2) is 31.5 Å². The first-order valence-electron chi connectivity index (χ1n) is 10.8. The van der Waals surface area contributed by atoms with Crippen LogP contribution < -0.4 is 27.7 Å². The molecule has 5 N–H and O–H groups in total. The Hall–Kier alpha value is -3.48. The normalized spacial score (nSPS) is 11.5. The van der Waals surface area contributed by atoms with Crippen molar-refractivity contribution in [3.63, 3.8) is 0 Å². The zero-order chi connectivity index (χ0) is 25.2. The molecule has 1 amide bonds. The Balaban J connectivity index is 1.90. The molecule has 0 aliphatic carbocycles. The van der Waals surface area contributed by atoms with Gasteiger partial charge in [-0.2, -0.15) is 0 Å². The number of aryl methyl sites for hydroxylation is 1. The van der Waals surface area contributed by atoms with Gasteiger partial charge in [0.1, 0.15) is 11.6 Å². The van der Waals surface area contributed by atoms with E-state index in [0.717, 1.165) is 11.8 Å². The minimum Gasteiger partial charge on any atom is -0.469 e. The first-order chi connectivity index (χ1) is 16.0. The van der Waals surface area contributed by atoms with E-state index in [4.69, 9.17) is 16.0 Å². The van der Waals surface area contributed by atoms with E-state index >= 15 is 0 Å². The number of nitrogens with one attached hydrogen (secondary N) is 1. The Morgan fingerprint density at radius 1 is 1.24 bits per heavy atom. The van der Waals surface area contributed by atoms with Crippen LogP contribution in [0, 0.1) is 18.8 Å². The van der Waals surface area contributed by atoms with E-state index < -0.39 is 11.2 Å². The minimum atomic E-state index is -0.707. The summed E-state index contributed by atoms with van der Waals surface area (Å²) >= 11 is 1.08. The Bertz CT molecular complexity index is 1290. The molecule has 0 bridgehead atoms. The molecule has 12 nitrogen and oxygen atoms in total. The molecule has 0 radical (unpaired) electrons. The van der Waals surface area contributed by atoms with E-state index in [-0.39, 0.29) is 41.5 Å². The van der Waals surface area contributed by atoms with Crippen LogP contribution in [-0.4, -0.2) is 42.6 Å². The number of anilines is 2. The van der Waals surface area contributed by atoms with Crippen molar-refractivity contribution in [2.24, 2.45) is 11.8 Å². The van der Waals surface area contributed by atoms with E-state index in [1.54, 1.807) is 13.0 Å². The molecule has 0 spiro atoms. The second kappa shape index (κ2) is 10.2. The molecule has 0 atom stereocenters. The fraction of sp³-hybridized carbons (Fsp3) is 0.476. The van der Waals surface area contributed by atoms with Crippen molar-refractivity contribution in [3.05, 3.63) is 38.9 Å². The van der Waals surface area contributed by atoms with Crippen LogP contribution in [0.1, 0.15) is 33.5 Å². The quantitative estimate of drug-likeness (QED) is 0.296. The average molecular weight is 491 g/mol. The molecule has 3 aromatic rings. The highest BCUT2D eigenvalue weighted by Gasteiger charge is 2.26. The topological polar surface area (TPSA) is 171 Å². The molecule has 184 valence electrons. The third-order valence-electron chi connectivity index (χ3n) is 4.97. The molecular weight excluding hydrogens is 460 g/mol. The highest BCUT2D eigenvalue weighted by atomic mass is 32.2. The molecule has 0 aromatic carbocycles. The molecule has 3 rings (SSSR count). The Kier molecular flexibility index (Phi) is 7.54. The number of nitrogen functional groups attached to an aromatic ring is 2. The van der Waals surface area contributed by atoms with Crippen molar-refractivity contribution in [2.45, 2.75) is 46.3 Å². The van der Waals surface area contributed by atoms with Crippen molar-refractivity contribution in [3.8, 4) is 11.4 Å². The summed E-state index contributed by atoms with van der Waals surface area (Å²) in [6.07, 6.45) is 1.53. The molecule has 3 heterocycles. The largest absolute Gasteiger partial charge is 0.469 e. The lowest BCUT2D eigenvalue weighted by Gasteiger charge is -2.26. The van der Waals surface area contributed by atoms with Gasteiger partial charge in [-0.05, 0) is 24.8 Å². The Morgan fingerprint density at radius 2 is 1.94 bits per heavy atom. The van der Waals surface area contributed by atoms with Gasteiger partial charge in [0.05, 0.1) is 17.6 Å². The summed E-state index contributed by atoms with van der Waals surface area (Å²) in [4.78, 5) is 41.9. The van der Waals surface area contributed by atoms with Gasteiger partial charge in [-0.25, -0.2) is 9.47 Å². The maximum atomic E-state index is 13.3. The van der Waals surface area contributed by atoms with Crippen LogP contribution >= 0.6 is 11.8 Å². The van der Waals surface area contributed by atoms with Crippen molar-refractivity contribution in [1.82, 2.24) is 24.4 Å². The smallest absolute Gasteiger partial charge is 0.330 e. The van der Waals surface area contributed by atoms with Gasteiger partial charge < -0.3 is 20.9 Å². The monoisotopic (exact) mass is 490 g/mol. The first-order valence-corrected chi connectivity index (χ1v) is 11.8. The van der Waals surface area contributed by atoms with E-state index in [1.807, 2.05) is 27.7 Å². The zero-order valence-electron chi connectivity index (χ0n) is 19.9. The summed E-state index contributed by atoms with van der Waals surface area (Å²) in [5.74, 6) is 6.83. The molecule has 0 aliphatic rings. The van der Waals surface area contributed by atoms with E-state index in [0.29, 0.717) is 28.8 Å². The third kappa shape index (κ3) is 5.19. The van der Waals surface area contributed by atoms with E-state index in [9.17, 15) is 14.4 Å². The van der Waals surface area contributed by atoms with Crippen molar-refractivity contribution in [1.29, 1.82) is 0 Å². The Morgan fingerprint density at radius 3 is 2.53 bits per heavy atom. The van der Waals surface area contributed by atoms with Crippen molar-refractivity contribution < 1.29 is 9.21 Å². The molecule has 0 fully saturated rings. The third-order valence-corrected chi connectivity index (χ3v) is 5.90. The van der Waals surface area contributed by atoms with Gasteiger partial charge in [-0.15, -0.1) is 10.2 Å². The summed E-state index contributed by atoms with van der Waals surface area (Å²) < 4.78 is 7.86. The van der Waals surface area contributed by atoms with Crippen molar-refractivity contribution >= 4 is 29.2 Å². The number of aromatic amines is 1. The van der Waals surface area contributed by atoms with Crippen LogP contribution in [0.4, 0.5) is 11.5 Å². The number of carbonyl (C=O) groups excluding carboxylic acids is 1. The fourth-order valence-electron chi connectivity index (χ4n) is 3.45. The number of nitrogens with zero attached hydrogens (tertiary/aromatic N) is 5. The van der Waals surface area contributed by atoms with Gasteiger partial charge in [-0.1, -0.05) is 39.5 Å². The number of hydrogen-bond donors (Lipinski definition) is 3. The number of thioether (sulfide) groups is 1. The number of rotatable bonds is 9. The number of amides is 1. The van der Waals surface area contributed by atoms with Crippen LogP contribution in [0.5, 0.6) is 0 Å². The maximum absolute atomic E-state index is 13.3. The second-order valence-electron chi connectivity index (χ2n) is 8.75. The zero-order valence-corrected chi connectivity index (χ0v) is 20.7. The molecular formula is C21H30N8O4S. The number of furan rings is 1. The summed E-state index contributed by atoms with van der Waals surface area (Å²) in [5, 5.41) is 8.49. The molecule has 3 aromatic heterocycles. The summed E-state index contributed by atoms with van der Waals surface area (Å²) in [5.41, 5.74) is 5.58. The SMILES string of the molecule is Cc1occc1-c1nnc(SCC(=O)N(CC(C)C)c2c(N)n(CC(C)C)c(=O)[nH]c2=O)n1N. The number of H-pyrrole nitrogens is 1. The fourth-order valence-corrected chi connectivity index (χ4v) is 4.18. The molecule has 13 heteroatoms. The molecule has 0 aliphatic heterocycles. The minimum absolute atomic E-state index is 0.0343. The second-order valence-corrected chi connectivity index (χ2v) is 9.69. The van der Waals surface area contributed by atoms with Gasteiger partial charge in [-0.3, -0.25) is 19.1 Å². The van der Waals surface area contributed by atoms with Crippen LogP contribution in [0.3, 0.4) is 0 Å². The summed E-state index contributed by atoms with van der Waals surface area (Å²) in [7, 11) is 0. The molecule has 34 heavy (non-hydrogen) atoms. The van der Waals surface area contributed by atoms with Gasteiger partial charge in [0.2, 0.25) is 11.1 Å². The van der Waals surface area contributed by atoms with E-state index in [2.05, 4.69) is 15.2 Å². The van der Waals surface area contributed by atoms with Crippen LogP contribution in [0.2, 0.25) is 0 Å². The predicted octanol–water partition coefficient (Wildman–Crippen LogP) is 1.43. The summed E-state index contributed by atoms with van der Waals surface area (Å²) in [6, 6.07) is 1.73. The number of nitrogens with two attached hydrogens (primary N) is 2. The Labute approximate surface area is 200 Å². The molecule has 0 saturated carbocycles. The van der Waals surface area contributed by atoms with Crippen molar-refractivity contribution in [2.75, 3.05) is 28.8 Å². The van der Waals surface area contributed by atoms with Gasteiger partial charge in [0.25, 0.3) is 5.56 Å². The van der Waals surface area contributed by atoms with E-state index in [1.165, 1.54) is 20.4 Å². The number of carbonyl (C=O) groups is 1. The predicted molar refractivity (Wildman–Crippen MR) is 131 cm³/mol. The lowest BCUT2D eigenvalue weighted by molar-refractivity contribution is -0.116. The van der Waals surface area contributed by atoms with Crippen LogP contribution in [0.25, 0.3) is 11.4 Å². The summed E-state index contributed by atoms with van der Waals surface area (Å²) in [6.45, 7) is 10.0. The molecule has 0 saturated heterocycles. The lowest BCUT2D eigenvalue weighted by Crippen LogP contribution is -2.43. The standard InChI is InChI=1S/C21H30N8O4S/c1-11(2)8-27(16-17(22)28(9-12(3)4)20(32)24-19(16)31)15(30)10-34-21-26-25-18(29(21)23)14-6-7-33-13(14)5/h6-7,11-12H,8-10,22-23H2,1-5H3,(H,24,31,32). The highest BCUT2D eigenvalue weighted by Crippen LogP contribution is 2.26. The first kappa shape index (κ1) is 25.1. The average Bonchev–Trinajstić information content (AvgIpc) is 3.32. The van der Waals surface area contributed by atoms with Gasteiger partial charge >= 0.3 is 5.69 Å². The maximum Gasteiger partial charge on any atom is 0.330 e. The van der Waals surface area contributed by atoms with Gasteiger partial charge in [0, 0.05) is 13.1 Å². The lowest BCUT2D eigenvalue weighted by atomic mass is 10.2. The van der Waals surface area contributed by atoms with Gasteiger partial charge in [0.15, 0.2) is 11.5 Å². The number of aromatic nitrogens is 5.